The summed E-state index contributed by atoms with van der Waals surface area (Å²) in [6, 6.07) is 11.3. The lowest BCUT2D eigenvalue weighted by molar-refractivity contribution is 0.190. The maximum atomic E-state index is 13.4. The highest BCUT2D eigenvalue weighted by Gasteiger charge is 2.21. The van der Waals surface area contributed by atoms with Crippen LogP contribution in [0.2, 0.25) is 15.1 Å². The Bertz CT molecular complexity index is 1110. The molecule has 0 radical (unpaired) electrons. The van der Waals surface area contributed by atoms with Crippen LogP contribution in [0.3, 0.4) is 0 Å². The first-order valence-electron chi connectivity index (χ1n) is 10.3. The largest absolute Gasteiger partial charge is 0.497 e. The Morgan fingerprint density at radius 2 is 1.76 bits per heavy atom. The van der Waals surface area contributed by atoms with Gasteiger partial charge in [-0.15, -0.1) is 0 Å². The second-order valence-corrected chi connectivity index (χ2v) is 8.53. The van der Waals surface area contributed by atoms with Gasteiger partial charge in [0.1, 0.15) is 11.6 Å². The molecule has 0 spiro atoms. The topological polar surface area (TPSA) is 88.6 Å². The van der Waals surface area contributed by atoms with E-state index in [9.17, 15) is 4.79 Å². The molecule has 180 valence electrons. The maximum Gasteiger partial charge on any atom is 0.327 e. The van der Waals surface area contributed by atoms with E-state index in [2.05, 4.69) is 20.6 Å². The Kier molecular flexibility index (Phi) is 9.18. The SMILES string of the molecule is COC[C@H](C)Nc1nccc(N(C(=O)NCc2c(Cl)cc(Cl)cc2Cl)c2ccc(OC)cc2)n1. The Labute approximate surface area is 213 Å². The number of hydrogen-bond acceptors (Lipinski definition) is 6. The number of halogens is 3. The van der Waals surface area contributed by atoms with Gasteiger partial charge < -0.3 is 20.1 Å². The van der Waals surface area contributed by atoms with Crippen LogP contribution in [0.25, 0.3) is 0 Å². The van der Waals surface area contributed by atoms with Gasteiger partial charge in [0.05, 0.1) is 19.4 Å². The molecule has 0 aliphatic rings. The Balaban J connectivity index is 1.90. The van der Waals surface area contributed by atoms with Crippen LogP contribution >= 0.6 is 34.8 Å². The van der Waals surface area contributed by atoms with E-state index >= 15 is 0 Å². The van der Waals surface area contributed by atoms with E-state index in [4.69, 9.17) is 44.3 Å². The van der Waals surface area contributed by atoms with Crippen molar-refractivity contribution in [1.82, 2.24) is 15.3 Å². The van der Waals surface area contributed by atoms with Gasteiger partial charge in [-0.2, -0.15) is 4.98 Å². The minimum absolute atomic E-state index is 0.0299. The molecular formula is C23H24Cl3N5O3. The number of hydrogen-bond donors (Lipinski definition) is 2. The monoisotopic (exact) mass is 523 g/mol. The van der Waals surface area contributed by atoms with E-state index in [0.717, 1.165) is 0 Å². The first-order valence-corrected chi connectivity index (χ1v) is 11.4. The van der Waals surface area contributed by atoms with Crippen LogP contribution in [0.4, 0.5) is 22.2 Å². The fraction of sp³-hybridized carbons (Fsp3) is 0.261. The molecule has 34 heavy (non-hydrogen) atoms. The number of nitrogens with zero attached hydrogens (tertiary/aromatic N) is 3. The summed E-state index contributed by atoms with van der Waals surface area (Å²) in [4.78, 5) is 23.6. The number of carbonyl (C=O) groups excluding carboxylic acids is 1. The van der Waals surface area contributed by atoms with Gasteiger partial charge in [0.25, 0.3) is 0 Å². The molecule has 0 saturated heterocycles. The van der Waals surface area contributed by atoms with Gasteiger partial charge in [0, 0.05) is 52.6 Å². The molecule has 1 atom stereocenters. The fourth-order valence-corrected chi connectivity index (χ4v) is 4.07. The maximum absolute atomic E-state index is 13.4. The molecule has 2 aromatic carbocycles. The van der Waals surface area contributed by atoms with E-state index in [1.807, 2.05) is 6.92 Å². The number of amides is 2. The van der Waals surface area contributed by atoms with Crippen LogP contribution in [0.5, 0.6) is 5.75 Å². The van der Waals surface area contributed by atoms with Crippen molar-refractivity contribution in [2.75, 3.05) is 31.0 Å². The number of nitrogens with one attached hydrogen (secondary N) is 2. The summed E-state index contributed by atoms with van der Waals surface area (Å²) >= 11 is 18.5. The summed E-state index contributed by atoms with van der Waals surface area (Å²) in [5.41, 5.74) is 1.12. The van der Waals surface area contributed by atoms with Crippen molar-refractivity contribution in [2.45, 2.75) is 19.5 Å². The molecule has 0 fully saturated rings. The quantitative estimate of drug-likeness (QED) is 0.360. The number of ether oxygens (including phenoxy) is 2. The predicted molar refractivity (Wildman–Crippen MR) is 136 cm³/mol. The standard InChI is InChI=1S/C23H24Cl3N5O3/c1-14(13-33-2)29-22-27-9-8-21(30-22)31(16-4-6-17(34-3)7-5-16)23(32)28-12-18-19(25)10-15(24)11-20(18)26/h4-11,14H,12-13H2,1-3H3,(H,28,32)(H,27,29,30)/t14-/m0/s1. The molecule has 3 rings (SSSR count). The van der Waals surface area contributed by atoms with Crippen LogP contribution in [0.15, 0.2) is 48.7 Å². The summed E-state index contributed by atoms with van der Waals surface area (Å²) in [6.07, 6.45) is 1.57. The third kappa shape index (κ3) is 6.64. The summed E-state index contributed by atoms with van der Waals surface area (Å²) in [6.45, 7) is 2.49. The molecule has 0 bridgehead atoms. The lowest BCUT2D eigenvalue weighted by atomic mass is 10.2. The van der Waals surface area contributed by atoms with Gasteiger partial charge in [0.15, 0.2) is 0 Å². The number of rotatable bonds is 9. The van der Waals surface area contributed by atoms with E-state index in [1.54, 1.807) is 62.9 Å². The normalized spacial score (nSPS) is 11.6. The van der Waals surface area contributed by atoms with Gasteiger partial charge in [-0.3, -0.25) is 0 Å². The molecule has 1 aromatic heterocycles. The van der Waals surface area contributed by atoms with Crippen molar-refractivity contribution >= 4 is 58.3 Å². The first-order chi connectivity index (χ1) is 16.3. The molecule has 8 nitrogen and oxygen atoms in total. The second-order valence-electron chi connectivity index (χ2n) is 7.28. The summed E-state index contributed by atoms with van der Waals surface area (Å²) in [7, 11) is 3.19. The summed E-state index contributed by atoms with van der Waals surface area (Å²) in [5, 5.41) is 7.12. The molecule has 11 heteroatoms. The van der Waals surface area contributed by atoms with Gasteiger partial charge in [0.2, 0.25) is 5.95 Å². The zero-order valence-corrected chi connectivity index (χ0v) is 21.1. The minimum Gasteiger partial charge on any atom is -0.497 e. The molecule has 2 N–H and O–H groups in total. The number of aromatic nitrogens is 2. The highest BCUT2D eigenvalue weighted by Crippen LogP contribution is 2.30. The molecule has 1 heterocycles. The van der Waals surface area contributed by atoms with Gasteiger partial charge in [-0.1, -0.05) is 34.8 Å². The van der Waals surface area contributed by atoms with Crippen molar-refractivity contribution in [2.24, 2.45) is 0 Å². The second kappa shape index (κ2) is 12.1. The minimum atomic E-state index is -0.443. The first kappa shape index (κ1) is 25.8. The molecule has 3 aromatic rings. The lowest BCUT2D eigenvalue weighted by Gasteiger charge is -2.23. The predicted octanol–water partition coefficient (Wildman–Crippen LogP) is 5.94. The van der Waals surface area contributed by atoms with Gasteiger partial charge in [-0.25, -0.2) is 14.7 Å². The molecule has 0 unspecified atom stereocenters. The van der Waals surface area contributed by atoms with Crippen molar-refractivity contribution in [3.8, 4) is 5.75 Å². The van der Waals surface area contributed by atoms with Gasteiger partial charge in [-0.05, 0) is 43.3 Å². The third-order valence-corrected chi connectivity index (χ3v) is 5.61. The molecule has 0 aliphatic heterocycles. The van der Waals surface area contributed by atoms with E-state index in [0.29, 0.717) is 50.4 Å². The van der Waals surface area contributed by atoms with Crippen LogP contribution in [0.1, 0.15) is 12.5 Å². The molecular weight excluding hydrogens is 501 g/mol. The number of methoxy groups -OCH3 is 2. The highest BCUT2D eigenvalue weighted by molar-refractivity contribution is 6.39. The number of carbonyl (C=O) groups is 1. The number of anilines is 3. The van der Waals surface area contributed by atoms with E-state index in [1.165, 1.54) is 4.90 Å². The van der Waals surface area contributed by atoms with Crippen molar-refractivity contribution in [3.63, 3.8) is 0 Å². The molecule has 0 aliphatic carbocycles. The zero-order valence-electron chi connectivity index (χ0n) is 18.8. The average molecular weight is 525 g/mol. The smallest absolute Gasteiger partial charge is 0.327 e. The molecule has 2 amide bonds. The fourth-order valence-electron chi connectivity index (χ4n) is 3.12. The Hall–Kier alpha value is -2.78. The lowest BCUT2D eigenvalue weighted by Crippen LogP contribution is -2.37. The van der Waals surface area contributed by atoms with Crippen LogP contribution in [0, 0.1) is 0 Å². The van der Waals surface area contributed by atoms with Crippen molar-refractivity contribution in [1.29, 1.82) is 0 Å². The van der Waals surface area contributed by atoms with Crippen molar-refractivity contribution in [3.05, 3.63) is 69.3 Å². The molecule has 0 saturated carbocycles. The van der Waals surface area contributed by atoms with E-state index < -0.39 is 6.03 Å². The van der Waals surface area contributed by atoms with Crippen molar-refractivity contribution < 1.29 is 14.3 Å². The van der Waals surface area contributed by atoms with Crippen LogP contribution in [-0.4, -0.2) is 42.9 Å². The number of benzene rings is 2. The average Bonchev–Trinajstić information content (AvgIpc) is 2.79. The Morgan fingerprint density at radius 1 is 1.09 bits per heavy atom. The van der Waals surface area contributed by atoms with E-state index in [-0.39, 0.29) is 12.6 Å². The number of urea groups is 1. The Morgan fingerprint density at radius 3 is 2.38 bits per heavy atom. The summed E-state index contributed by atoms with van der Waals surface area (Å²) in [5.74, 6) is 1.37. The van der Waals surface area contributed by atoms with Gasteiger partial charge >= 0.3 is 6.03 Å². The zero-order chi connectivity index (χ0) is 24.7. The highest BCUT2D eigenvalue weighted by atomic mass is 35.5. The summed E-state index contributed by atoms with van der Waals surface area (Å²) < 4.78 is 10.4. The van der Waals surface area contributed by atoms with Crippen LogP contribution < -0.4 is 20.3 Å². The van der Waals surface area contributed by atoms with Crippen LogP contribution in [-0.2, 0) is 11.3 Å². The third-order valence-electron chi connectivity index (χ3n) is 4.72.